The molecule has 2 rings (SSSR count). The Labute approximate surface area is 110 Å². The molecule has 94 valence electrons. The lowest BCUT2D eigenvalue weighted by molar-refractivity contribution is 0.287. The summed E-state index contributed by atoms with van der Waals surface area (Å²) in [4.78, 5) is 9.71. The van der Waals surface area contributed by atoms with E-state index in [1.807, 2.05) is 4.90 Å². The van der Waals surface area contributed by atoms with Gasteiger partial charge in [0.15, 0.2) is 9.84 Å². The molecule has 1 aromatic heterocycles. The van der Waals surface area contributed by atoms with Crippen LogP contribution in [0.15, 0.2) is 6.20 Å². The van der Waals surface area contributed by atoms with Gasteiger partial charge in [0, 0.05) is 31.4 Å². The molecule has 2 heterocycles. The molecular formula is C9H11Cl2N3O2S. The fraction of sp³-hybridized carbons (Fsp3) is 0.556. The molecule has 0 saturated carbocycles. The van der Waals surface area contributed by atoms with Gasteiger partial charge in [0.1, 0.15) is 5.15 Å². The Morgan fingerprint density at radius 2 is 1.94 bits per heavy atom. The maximum absolute atomic E-state index is 11.3. The summed E-state index contributed by atoms with van der Waals surface area (Å²) in [5.74, 6) is 0.387. The van der Waals surface area contributed by atoms with Crippen molar-refractivity contribution in [3.8, 4) is 0 Å². The average molecular weight is 296 g/mol. The van der Waals surface area contributed by atoms with E-state index >= 15 is 0 Å². The molecule has 1 aliphatic rings. The number of hydrogen-bond acceptors (Lipinski definition) is 5. The van der Waals surface area contributed by atoms with Crippen LogP contribution in [0.25, 0.3) is 0 Å². The Balaban J connectivity index is 2.02. The Hall–Kier alpha value is -0.430. The van der Waals surface area contributed by atoms with Crippen LogP contribution in [-0.4, -0.2) is 47.9 Å². The summed E-state index contributed by atoms with van der Waals surface area (Å²) >= 11 is 11.5. The molecule has 0 radical (unpaired) electrons. The molecule has 0 atom stereocenters. The van der Waals surface area contributed by atoms with E-state index in [1.165, 1.54) is 0 Å². The van der Waals surface area contributed by atoms with Crippen LogP contribution in [0.4, 0.5) is 0 Å². The van der Waals surface area contributed by atoms with Gasteiger partial charge in [-0.15, -0.1) is 0 Å². The van der Waals surface area contributed by atoms with Gasteiger partial charge in [0.05, 0.1) is 11.5 Å². The molecule has 5 nitrogen and oxygen atoms in total. The molecule has 8 heteroatoms. The zero-order valence-corrected chi connectivity index (χ0v) is 11.3. The van der Waals surface area contributed by atoms with Crippen LogP contribution in [-0.2, 0) is 16.4 Å². The molecular weight excluding hydrogens is 285 g/mol. The van der Waals surface area contributed by atoms with Crippen molar-refractivity contribution in [1.82, 2.24) is 14.9 Å². The van der Waals surface area contributed by atoms with Gasteiger partial charge in [-0.2, -0.15) is 0 Å². The van der Waals surface area contributed by atoms with E-state index < -0.39 is 9.84 Å². The second-order valence-corrected chi connectivity index (χ2v) is 6.88. The topological polar surface area (TPSA) is 63.2 Å². The van der Waals surface area contributed by atoms with Gasteiger partial charge in [-0.05, 0) is 11.6 Å². The average Bonchev–Trinajstić information content (AvgIpc) is 2.25. The zero-order valence-electron chi connectivity index (χ0n) is 8.94. The molecule has 0 amide bonds. The highest BCUT2D eigenvalue weighted by molar-refractivity contribution is 7.91. The number of nitrogens with zero attached hydrogens (tertiary/aromatic N) is 3. The number of aromatic nitrogens is 2. The fourth-order valence-electron chi connectivity index (χ4n) is 1.62. The quantitative estimate of drug-likeness (QED) is 0.602. The molecule has 0 spiro atoms. The number of halogens is 2. The van der Waals surface area contributed by atoms with Crippen molar-refractivity contribution >= 4 is 33.0 Å². The van der Waals surface area contributed by atoms with Crippen LogP contribution >= 0.6 is 23.2 Å². The maximum Gasteiger partial charge on any atom is 0.223 e. The van der Waals surface area contributed by atoms with Gasteiger partial charge in [0.25, 0.3) is 0 Å². The Morgan fingerprint density at radius 3 is 2.53 bits per heavy atom. The first-order chi connectivity index (χ1) is 7.96. The number of sulfone groups is 1. The molecule has 1 aliphatic heterocycles. The lowest BCUT2D eigenvalue weighted by Gasteiger charge is -2.26. The van der Waals surface area contributed by atoms with E-state index in [2.05, 4.69) is 9.97 Å². The molecule has 1 fully saturated rings. The van der Waals surface area contributed by atoms with Crippen molar-refractivity contribution in [2.45, 2.75) is 6.54 Å². The third-order valence-electron chi connectivity index (χ3n) is 2.61. The minimum absolute atomic E-state index is 0.111. The maximum atomic E-state index is 11.3. The fourth-order valence-corrected chi connectivity index (χ4v) is 3.26. The van der Waals surface area contributed by atoms with E-state index in [9.17, 15) is 8.42 Å². The molecule has 0 N–H and O–H groups in total. The first-order valence-corrected chi connectivity index (χ1v) is 7.64. The van der Waals surface area contributed by atoms with E-state index in [0.717, 1.165) is 5.56 Å². The smallest absolute Gasteiger partial charge is 0.223 e. The van der Waals surface area contributed by atoms with Crippen LogP contribution in [0.5, 0.6) is 0 Å². The van der Waals surface area contributed by atoms with Crippen LogP contribution in [0, 0.1) is 0 Å². The molecule has 1 saturated heterocycles. The third kappa shape index (κ3) is 3.51. The lowest BCUT2D eigenvalue weighted by Crippen LogP contribution is -2.39. The third-order valence-corrected chi connectivity index (χ3v) is 4.73. The molecule has 0 aliphatic carbocycles. The van der Waals surface area contributed by atoms with Gasteiger partial charge in [-0.25, -0.2) is 18.4 Å². The van der Waals surface area contributed by atoms with Crippen LogP contribution in [0.2, 0.25) is 10.4 Å². The highest BCUT2D eigenvalue weighted by atomic mass is 35.5. The largest absolute Gasteiger partial charge is 0.297 e. The Morgan fingerprint density at radius 1 is 1.29 bits per heavy atom. The highest BCUT2D eigenvalue weighted by Gasteiger charge is 2.22. The molecule has 0 unspecified atom stereocenters. The van der Waals surface area contributed by atoms with E-state index in [1.54, 1.807) is 6.20 Å². The van der Waals surface area contributed by atoms with Crippen molar-refractivity contribution in [3.63, 3.8) is 0 Å². The van der Waals surface area contributed by atoms with E-state index in [-0.39, 0.29) is 16.8 Å². The summed E-state index contributed by atoms with van der Waals surface area (Å²) < 4.78 is 22.5. The molecule has 1 aromatic rings. The second kappa shape index (κ2) is 5.06. The second-order valence-electron chi connectivity index (χ2n) is 3.88. The minimum atomic E-state index is -2.85. The highest BCUT2D eigenvalue weighted by Crippen LogP contribution is 2.17. The van der Waals surface area contributed by atoms with Gasteiger partial charge in [0.2, 0.25) is 5.28 Å². The van der Waals surface area contributed by atoms with E-state index in [0.29, 0.717) is 24.8 Å². The van der Waals surface area contributed by atoms with Gasteiger partial charge in [-0.1, -0.05) is 11.6 Å². The van der Waals surface area contributed by atoms with Gasteiger partial charge in [-0.3, -0.25) is 4.90 Å². The first kappa shape index (κ1) is 13.0. The summed E-state index contributed by atoms with van der Waals surface area (Å²) in [6.45, 7) is 1.58. The molecule has 17 heavy (non-hydrogen) atoms. The standard InChI is InChI=1S/C9H11Cl2N3O2S/c10-8-7(5-12-9(11)13-8)6-14-1-3-17(15,16)4-2-14/h5H,1-4,6H2. The van der Waals surface area contributed by atoms with Crippen LogP contribution in [0.3, 0.4) is 0 Å². The van der Waals surface area contributed by atoms with Crippen molar-refractivity contribution in [2.24, 2.45) is 0 Å². The normalized spacial score (nSPS) is 20.4. The predicted molar refractivity (Wildman–Crippen MR) is 66.0 cm³/mol. The Bertz CT molecular complexity index is 507. The number of hydrogen-bond donors (Lipinski definition) is 0. The van der Waals surface area contributed by atoms with Crippen molar-refractivity contribution < 1.29 is 8.42 Å². The van der Waals surface area contributed by atoms with Crippen molar-refractivity contribution in [2.75, 3.05) is 24.6 Å². The Kier molecular flexibility index (Phi) is 3.87. The summed E-state index contributed by atoms with van der Waals surface area (Å²) in [7, 11) is -2.85. The summed E-state index contributed by atoms with van der Waals surface area (Å²) in [6.07, 6.45) is 1.57. The van der Waals surface area contributed by atoms with Crippen molar-refractivity contribution in [1.29, 1.82) is 0 Å². The van der Waals surface area contributed by atoms with Crippen LogP contribution in [0.1, 0.15) is 5.56 Å². The van der Waals surface area contributed by atoms with Gasteiger partial charge >= 0.3 is 0 Å². The van der Waals surface area contributed by atoms with Crippen LogP contribution < -0.4 is 0 Å². The van der Waals surface area contributed by atoms with Crippen molar-refractivity contribution in [3.05, 3.63) is 22.2 Å². The summed E-state index contributed by atoms with van der Waals surface area (Å²) in [5.41, 5.74) is 0.760. The monoisotopic (exact) mass is 295 g/mol. The van der Waals surface area contributed by atoms with E-state index in [4.69, 9.17) is 23.2 Å². The minimum Gasteiger partial charge on any atom is -0.297 e. The number of rotatable bonds is 2. The SMILES string of the molecule is O=S1(=O)CCN(Cc2cnc(Cl)nc2Cl)CC1. The summed E-state index contributed by atoms with van der Waals surface area (Å²) in [6, 6.07) is 0. The zero-order chi connectivity index (χ0) is 12.5. The summed E-state index contributed by atoms with van der Waals surface area (Å²) in [5, 5.41) is 0.429. The first-order valence-electron chi connectivity index (χ1n) is 5.06. The lowest BCUT2D eigenvalue weighted by atomic mass is 10.3. The molecule has 0 bridgehead atoms. The predicted octanol–water partition coefficient (Wildman–Crippen LogP) is 1.01. The molecule has 0 aromatic carbocycles. The van der Waals surface area contributed by atoms with Gasteiger partial charge < -0.3 is 0 Å².